The number of anilines is 2. The maximum atomic E-state index is 12.5. The molecule has 2 aromatic carbocycles. The van der Waals surface area contributed by atoms with E-state index < -0.39 is 0 Å². The number of amides is 3. The van der Waals surface area contributed by atoms with Crippen LogP contribution in [-0.2, 0) is 6.61 Å². The van der Waals surface area contributed by atoms with Gasteiger partial charge in [0.1, 0.15) is 12.4 Å². The third-order valence-corrected chi connectivity index (χ3v) is 4.21. The summed E-state index contributed by atoms with van der Waals surface area (Å²) in [6.45, 7) is 0.349. The van der Waals surface area contributed by atoms with Crippen LogP contribution in [0.4, 0.5) is 16.2 Å². The highest BCUT2D eigenvalue weighted by Gasteiger charge is 2.09. The molecule has 0 atom stereocenters. The lowest BCUT2D eigenvalue weighted by atomic mass is 10.2. The van der Waals surface area contributed by atoms with Gasteiger partial charge in [-0.15, -0.1) is 11.3 Å². The van der Waals surface area contributed by atoms with Crippen LogP contribution in [0.5, 0.6) is 5.75 Å². The van der Waals surface area contributed by atoms with Gasteiger partial charge in [-0.1, -0.05) is 12.1 Å². The molecule has 7 nitrogen and oxygen atoms in total. The number of nitrogens with one attached hydrogen (secondary N) is 3. The zero-order valence-electron chi connectivity index (χ0n) is 14.6. The second-order valence-electron chi connectivity index (χ2n) is 5.54. The fraction of sp³-hybridized carbons (Fsp3) is 0.105. The first-order chi connectivity index (χ1) is 13.1. The van der Waals surface area contributed by atoms with Gasteiger partial charge < -0.3 is 20.7 Å². The summed E-state index contributed by atoms with van der Waals surface area (Å²) in [7, 11) is 1.53. The van der Waals surface area contributed by atoms with E-state index in [1.54, 1.807) is 54.0 Å². The van der Waals surface area contributed by atoms with Gasteiger partial charge in [0.15, 0.2) is 0 Å². The molecule has 0 bridgehead atoms. The summed E-state index contributed by atoms with van der Waals surface area (Å²) in [4.78, 5) is 28.1. The molecule has 0 saturated heterocycles. The van der Waals surface area contributed by atoms with Crippen LogP contribution >= 0.6 is 11.3 Å². The van der Waals surface area contributed by atoms with E-state index in [0.717, 1.165) is 5.69 Å². The molecular weight excluding hydrogens is 364 g/mol. The third kappa shape index (κ3) is 5.29. The SMILES string of the molecule is CNC(=O)Nc1cccc(NC(=O)c2cccc(OCc3cscn3)c2)c1. The minimum Gasteiger partial charge on any atom is -0.487 e. The van der Waals surface area contributed by atoms with Crippen LogP contribution in [0, 0.1) is 0 Å². The molecule has 1 aromatic heterocycles. The largest absolute Gasteiger partial charge is 0.487 e. The van der Waals surface area contributed by atoms with Gasteiger partial charge in [-0.05, 0) is 36.4 Å². The van der Waals surface area contributed by atoms with Gasteiger partial charge >= 0.3 is 6.03 Å². The number of carbonyl (C=O) groups is 2. The van der Waals surface area contributed by atoms with Crippen molar-refractivity contribution in [2.75, 3.05) is 17.7 Å². The second kappa shape index (κ2) is 8.81. The average Bonchev–Trinajstić information content (AvgIpc) is 3.20. The zero-order chi connectivity index (χ0) is 19.1. The predicted octanol–water partition coefficient (Wildman–Crippen LogP) is 3.73. The molecule has 1 heterocycles. The lowest BCUT2D eigenvalue weighted by Crippen LogP contribution is -2.24. The summed E-state index contributed by atoms with van der Waals surface area (Å²) in [6, 6.07) is 13.5. The number of aromatic nitrogens is 1. The number of hydrogen-bond acceptors (Lipinski definition) is 5. The van der Waals surface area contributed by atoms with Gasteiger partial charge in [-0.25, -0.2) is 9.78 Å². The molecule has 0 aliphatic carbocycles. The highest BCUT2D eigenvalue weighted by molar-refractivity contribution is 7.07. The van der Waals surface area contributed by atoms with Gasteiger partial charge in [0.05, 0.1) is 11.2 Å². The van der Waals surface area contributed by atoms with E-state index in [4.69, 9.17) is 4.74 Å². The van der Waals surface area contributed by atoms with Gasteiger partial charge in [0, 0.05) is 29.4 Å². The Morgan fingerprint density at radius 1 is 1.07 bits per heavy atom. The first kappa shape index (κ1) is 18.4. The maximum Gasteiger partial charge on any atom is 0.318 e. The summed E-state index contributed by atoms with van der Waals surface area (Å²) in [5, 5.41) is 9.85. The van der Waals surface area contributed by atoms with E-state index >= 15 is 0 Å². The van der Waals surface area contributed by atoms with Crippen molar-refractivity contribution in [3.8, 4) is 5.75 Å². The molecule has 0 fully saturated rings. The highest BCUT2D eigenvalue weighted by atomic mass is 32.1. The summed E-state index contributed by atoms with van der Waals surface area (Å²) < 4.78 is 5.68. The number of ether oxygens (including phenoxy) is 1. The van der Waals surface area contributed by atoms with Crippen LogP contribution in [0.2, 0.25) is 0 Å². The van der Waals surface area contributed by atoms with E-state index in [2.05, 4.69) is 20.9 Å². The molecule has 3 N–H and O–H groups in total. The molecule has 0 aliphatic heterocycles. The monoisotopic (exact) mass is 382 g/mol. The molecule has 27 heavy (non-hydrogen) atoms. The maximum absolute atomic E-state index is 12.5. The molecule has 3 amide bonds. The molecular formula is C19H18N4O3S. The Balaban J connectivity index is 1.64. The van der Waals surface area contributed by atoms with Gasteiger partial charge in [-0.2, -0.15) is 0 Å². The highest BCUT2D eigenvalue weighted by Crippen LogP contribution is 2.19. The van der Waals surface area contributed by atoms with E-state index in [9.17, 15) is 9.59 Å². The molecule has 0 unspecified atom stereocenters. The minimum atomic E-state index is -0.330. The molecule has 138 valence electrons. The summed E-state index contributed by atoms with van der Waals surface area (Å²) >= 11 is 1.50. The Labute approximate surface area is 160 Å². The van der Waals surface area contributed by atoms with Crippen molar-refractivity contribution >= 4 is 34.6 Å². The topological polar surface area (TPSA) is 92.4 Å². The number of benzene rings is 2. The molecule has 0 radical (unpaired) electrons. The molecule has 0 aliphatic rings. The normalized spacial score (nSPS) is 10.1. The number of rotatable bonds is 6. The van der Waals surface area contributed by atoms with Crippen LogP contribution < -0.4 is 20.7 Å². The van der Waals surface area contributed by atoms with Crippen molar-refractivity contribution in [2.24, 2.45) is 0 Å². The fourth-order valence-electron chi connectivity index (χ4n) is 2.26. The van der Waals surface area contributed by atoms with E-state index in [1.807, 2.05) is 5.38 Å². The van der Waals surface area contributed by atoms with Crippen molar-refractivity contribution < 1.29 is 14.3 Å². The Hall–Kier alpha value is -3.39. The Kier molecular flexibility index (Phi) is 6.01. The number of nitrogens with zero attached hydrogens (tertiary/aromatic N) is 1. The third-order valence-electron chi connectivity index (χ3n) is 3.57. The van der Waals surface area contributed by atoms with E-state index in [1.165, 1.54) is 18.4 Å². The van der Waals surface area contributed by atoms with Crippen LogP contribution in [-0.4, -0.2) is 24.0 Å². The lowest BCUT2D eigenvalue weighted by Gasteiger charge is -2.10. The first-order valence-corrected chi connectivity index (χ1v) is 9.08. The van der Waals surface area contributed by atoms with Crippen molar-refractivity contribution in [1.82, 2.24) is 10.3 Å². The number of carbonyl (C=O) groups excluding carboxylic acids is 2. The minimum absolute atomic E-state index is 0.272. The summed E-state index contributed by atoms with van der Waals surface area (Å²) in [5.41, 5.74) is 4.20. The Morgan fingerprint density at radius 3 is 2.59 bits per heavy atom. The Morgan fingerprint density at radius 2 is 1.85 bits per heavy atom. The zero-order valence-corrected chi connectivity index (χ0v) is 15.4. The molecule has 8 heteroatoms. The van der Waals surface area contributed by atoms with Gasteiger partial charge in [0.25, 0.3) is 5.91 Å². The van der Waals surface area contributed by atoms with Gasteiger partial charge in [-0.3, -0.25) is 4.79 Å². The molecule has 0 saturated carbocycles. The quantitative estimate of drug-likeness (QED) is 0.606. The second-order valence-corrected chi connectivity index (χ2v) is 6.25. The Bertz CT molecular complexity index is 928. The molecule has 3 aromatic rings. The number of hydrogen-bond donors (Lipinski definition) is 3. The molecule has 3 rings (SSSR count). The fourth-order valence-corrected chi connectivity index (χ4v) is 2.81. The standard InChI is InChI=1S/C19H18N4O3S/c1-20-19(25)23-15-6-3-5-14(9-15)22-18(24)13-4-2-7-17(8-13)26-10-16-11-27-12-21-16/h2-9,11-12H,10H2,1H3,(H,22,24)(H2,20,23,25). The van der Waals surface area contributed by atoms with Crippen LogP contribution in [0.15, 0.2) is 59.4 Å². The van der Waals surface area contributed by atoms with Gasteiger partial charge in [0.2, 0.25) is 0 Å². The first-order valence-electron chi connectivity index (χ1n) is 8.14. The molecule has 0 spiro atoms. The smallest absolute Gasteiger partial charge is 0.318 e. The van der Waals surface area contributed by atoms with Crippen molar-refractivity contribution in [3.05, 3.63) is 70.7 Å². The lowest BCUT2D eigenvalue weighted by molar-refractivity contribution is 0.102. The van der Waals surface area contributed by atoms with Crippen LogP contribution in [0.25, 0.3) is 0 Å². The van der Waals surface area contributed by atoms with Crippen molar-refractivity contribution in [2.45, 2.75) is 6.61 Å². The van der Waals surface area contributed by atoms with Crippen LogP contribution in [0.1, 0.15) is 16.1 Å². The van der Waals surface area contributed by atoms with Crippen molar-refractivity contribution in [1.29, 1.82) is 0 Å². The number of urea groups is 1. The number of thiazole rings is 1. The van der Waals surface area contributed by atoms with Crippen LogP contribution in [0.3, 0.4) is 0 Å². The van der Waals surface area contributed by atoms with E-state index in [0.29, 0.717) is 29.3 Å². The summed E-state index contributed by atoms with van der Waals surface area (Å²) in [5.74, 6) is 0.317. The predicted molar refractivity (Wildman–Crippen MR) is 105 cm³/mol. The van der Waals surface area contributed by atoms with Crippen molar-refractivity contribution in [3.63, 3.8) is 0 Å². The van der Waals surface area contributed by atoms with E-state index in [-0.39, 0.29) is 11.9 Å². The average molecular weight is 382 g/mol. The summed E-state index contributed by atoms with van der Waals surface area (Å²) in [6.07, 6.45) is 0.